The fourth-order valence-corrected chi connectivity index (χ4v) is 2.05. The summed E-state index contributed by atoms with van der Waals surface area (Å²) >= 11 is 6.50. The van der Waals surface area contributed by atoms with E-state index in [0.29, 0.717) is 15.6 Å². The van der Waals surface area contributed by atoms with Crippen LogP contribution in [0.4, 0.5) is 0 Å². The van der Waals surface area contributed by atoms with Gasteiger partial charge in [0.25, 0.3) is 11.8 Å². The smallest absolute Gasteiger partial charge is 0.260 e. The number of rotatable bonds is 0. The van der Waals surface area contributed by atoms with Gasteiger partial charge in [-0.2, -0.15) is 0 Å². The standard InChI is InChI=1S/C8H3Br2NO2/c9-4-2-1-3-5(6(4)10)8(13)11-7(3)12/h1-2H,(H,11,12,13). The first-order chi connectivity index (χ1) is 6.11. The molecule has 0 bridgehead atoms. The van der Waals surface area contributed by atoms with E-state index >= 15 is 0 Å². The van der Waals surface area contributed by atoms with Gasteiger partial charge in [0.1, 0.15) is 0 Å². The predicted molar refractivity (Wildman–Crippen MR) is 53.6 cm³/mol. The maximum absolute atomic E-state index is 11.3. The highest BCUT2D eigenvalue weighted by Gasteiger charge is 2.29. The molecule has 2 amide bonds. The van der Waals surface area contributed by atoms with E-state index in [9.17, 15) is 9.59 Å². The summed E-state index contributed by atoms with van der Waals surface area (Å²) in [6, 6.07) is 3.34. The Hall–Kier alpha value is -0.680. The summed E-state index contributed by atoms with van der Waals surface area (Å²) in [6.07, 6.45) is 0. The van der Waals surface area contributed by atoms with Crippen molar-refractivity contribution in [3.05, 3.63) is 32.2 Å². The number of halogens is 2. The largest absolute Gasteiger partial charge is 0.288 e. The van der Waals surface area contributed by atoms with E-state index in [-0.39, 0.29) is 11.8 Å². The molecule has 13 heavy (non-hydrogen) atoms. The summed E-state index contributed by atoms with van der Waals surface area (Å²) in [6.45, 7) is 0. The first-order valence-electron chi connectivity index (χ1n) is 3.45. The van der Waals surface area contributed by atoms with Crippen molar-refractivity contribution in [3.63, 3.8) is 0 Å². The third-order valence-electron chi connectivity index (χ3n) is 1.79. The third-order valence-corrected chi connectivity index (χ3v) is 3.81. The molecular formula is C8H3Br2NO2. The molecule has 3 nitrogen and oxygen atoms in total. The molecule has 0 aliphatic carbocycles. The minimum atomic E-state index is -0.354. The highest BCUT2D eigenvalue weighted by Crippen LogP contribution is 2.31. The van der Waals surface area contributed by atoms with Crippen molar-refractivity contribution >= 4 is 43.7 Å². The normalized spacial score (nSPS) is 14.3. The van der Waals surface area contributed by atoms with Gasteiger partial charge in [-0.3, -0.25) is 14.9 Å². The second-order valence-corrected chi connectivity index (χ2v) is 4.21. The molecule has 66 valence electrons. The van der Waals surface area contributed by atoms with E-state index in [1.807, 2.05) is 0 Å². The SMILES string of the molecule is O=C1NC(=O)c2c1ccc(Br)c2Br. The van der Waals surface area contributed by atoms with Crippen LogP contribution in [0.1, 0.15) is 20.7 Å². The zero-order valence-electron chi connectivity index (χ0n) is 6.23. The van der Waals surface area contributed by atoms with Gasteiger partial charge in [-0.25, -0.2) is 0 Å². The van der Waals surface area contributed by atoms with Crippen molar-refractivity contribution in [3.8, 4) is 0 Å². The van der Waals surface area contributed by atoms with Gasteiger partial charge in [-0.15, -0.1) is 0 Å². The molecule has 1 heterocycles. The van der Waals surface area contributed by atoms with Gasteiger partial charge in [0, 0.05) is 8.95 Å². The van der Waals surface area contributed by atoms with Crippen molar-refractivity contribution in [2.45, 2.75) is 0 Å². The lowest BCUT2D eigenvalue weighted by atomic mass is 10.1. The zero-order valence-corrected chi connectivity index (χ0v) is 9.40. The number of benzene rings is 1. The molecule has 1 N–H and O–H groups in total. The molecule has 5 heteroatoms. The van der Waals surface area contributed by atoms with Crippen LogP contribution in [-0.4, -0.2) is 11.8 Å². The minimum Gasteiger partial charge on any atom is -0.288 e. The number of fused-ring (bicyclic) bond motifs is 1. The van der Waals surface area contributed by atoms with Crippen LogP contribution in [0.15, 0.2) is 21.1 Å². The lowest BCUT2D eigenvalue weighted by molar-refractivity contribution is 0.0879. The number of imide groups is 1. The maximum Gasteiger partial charge on any atom is 0.260 e. The van der Waals surface area contributed by atoms with E-state index in [2.05, 4.69) is 37.2 Å². The molecule has 1 aromatic carbocycles. The van der Waals surface area contributed by atoms with Gasteiger partial charge >= 0.3 is 0 Å². The second kappa shape index (κ2) is 2.92. The van der Waals surface area contributed by atoms with Gasteiger partial charge in [-0.05, 0) is 44.0 Å². The topological polar surface area (TPSA) is 46.2 Å². The average Bonchev–Trinajstić information content (AvgIpc) is 2.35. The van der Waals surface area contributed by atoms with Crippen LogP contribution < -0.4 is 5.32 Å². The van der Waals surface area contributed by atoms with Gasteiger partial charge in [0.15, 0.2) is 0 Å². The van der Waals surface area contributed by atoms with Crippen molar-refractivity contribution in [1.29, 1.82) is 0 Å². The van der Waals surface area contributed by atoms with Crippen LogP contribution in [0.2, 0.25) is 0 Å². The Morgan fingerprint density at radius 2 is 1.77 bits per heavy atom. The summed E-state index contributed by atoms with van der Waals surface area (Å²) in [5, 5.41) is 2.22. The molecule has 1 aliphatic heterocycles. The van der Waals surface area contributed by atoms with Crippen LogP contribution in [0, 0.1) is 0 Å². The number of nitrogens with one attached hydrogen (secondary N) is 1. The number of amides is 2. The van der Waals surface area contributed by atoms with Crippen molar-refractivity contribution < 1.29 is 9.59 Å². The first kappa shape index (κ1) is 8.90. The molecule has 1 aromatic rings. The van der Waals surface area contributed by atoms with Gasteiger partial charge in [0.2, 0.25) is 0 Å². The monoisotopic (exact) mass is 303 g/mol. The average molecular weight is 305 g/mol. The van der Waals surface area contributed by atoms with Crippen molar-refractivity contribution in [1.82, 2.24) is 5.32 Å². The molecular weight excluding hydrogens is 302 g/mol. The Kier molecular flexibility index (Phi) is 2.00. The quantitative estimate of drug-likeness (QED) is 0.746. The molecule has 0 atom stereocenters. The molecule has 0 saturated heterocycles. The fourth-order valence-electron chi connectivity index (χ4n) is 1.19. The Bertz CT molecular complexity index is 428. The minimum absolute atomic E-state index is 0.340. The Morgan fingerprint density at radius 1 is 1.08 bits per heavy atom. The van der Waals surface area contributed by atoms with E-state index in [0.717, 1.165) is 4.47 Å². The van der Waals surface area contributed by atoms with Crippen LogP contribution in [-0.2, 0) is 0 Å². The van der Waals surface area contributed by atoms with E-state index < -0.39 is 0 Å². The number of hydrogen-bond donors (Lipinski definition) is 1. The summed E-state index contributed by atoms with van der Waals surface area (Å²) in [7, 11) is 0. The number of hydrogen-bond acceptors (Lipinski definition) is 2. The van der Waals surface area contributed by atoms with E-state index in [4.69, 9.17) is 0 Å². The molecule has 0 radical (unpaired) electrons. The van der Waals surface area contributed by atoms with Crippen LogP contribution >= 0.6 is 31.9 Å². The summed E-state index contributed by atoms with van der Waals surface area (Å²) in [5.74, 6) is -0.693. The summed E-state index contributed by atoms with van der Waals surface area (Å²) in [4.78, 5) is 22.4. The van der Waals surface area contributed by atoms with Crippen LogP contribution in [0.3, 0.4) is 0 Å². The summed E-state index contributed by atoms with van der Waals surface area (Å²) in [5.41, 5.74) is 0.819. The van der Waals surface area contributed by atoms with Gasteiger partial charge < -0.3 is 0 Å². The summed E-state index contributed by atoms with van der Waals surface area (Å²) < 4.78 is 1.38. The van der Waals surface area contributed by atoms with Crippen molar-refractivity contribution in [2.75, 3.05) is 0 Å². The lowest BCUT2D eigenvalue weighted by Gasteiger charge is -1.99. The highest BCUT2D eigenvalue weighted by atomic mass is 79.9. The lowest BCUT2D eigenvalue weighted by Crippen LogP contribution is -2.20. The third kappa shape index (κ3) is 1.23. The van der Waals surface area contributed by atoms with E-state index in [1.54, 1.807) is 12.1 Å². The number of carbonyl (C=O) groups is 2. The predicted octanol–water partition coefficient (Wildman–Crippen LogP) is 2.10. The van der Waals surface area contributed by atoms with Crippen LogP contribution in [0.5, 0.6) is 0 Å². The first-order valence-corrected chi connectivity index (χ1v) is 5.03. The molecule has 2 rings (SSSR count). The Morgan fingerprint density at radius 3 is 2.46 bits per heavy atom. The van der Waals surface area contributed by atoms with Gasteiger partial charge in [0.05, 0.1) is 11.1 Å². The van der Waals surface area contributed by atoms with E-state index in [1.165, 1.54) is 0 Å². The zero-order chi connectivity index (χ0) is 9.59. The molecule has 0 unspecified atom stereocenters. The second-order valence-electron chi connectivity index (χ2n) is 2.57. The molecule has 0 fully saturated rings. The highest BCUT2D eigenvalue weighted by molar-refractivity contribution is 9.13. The Balaban J connectivity index is 2.78. The maximum atomic E-state index is 11.3. The van der Waals surface area contributed by atoms with Crippen LogP contribution in [0.25, 0.3) is 0 Å². The molecule has 1 aliphatic rings. The Labute approximate surface area is 90.8 Å². The molecule has 0 saturated carbocycles. The fraction of sp³-hybridized carbons (Fsp3) is 0. The number of carbonyl (C=O) groups excluding carboxylic acids is 2. The molecule has 0 spiro atoms. The molecule has 0 aromatic heterocycles. The van der Waals surface area contributed by atoms with Gasteiger partial charge in [-0.1, -0.05) is 0 Å². The van der Waals surface area contributed by atoms with Crippen molar-refractivity contribution in [2.24, 2.45) is 0 Å².